The van der Waals surface area contributed by atoms with Crippen molar-refractivity contribution in [2.75, 3.05) is 40.8 Å². The molecule has 6 heteroatoms. The predicted molar refractivity (Wildman–Crippen MR) is 82.2 cm³/mol. The van der Waals surface area contributed by atoms with E-state index in [2.05, 4.69) is 0 Å². The van der Waals surface area contributed by atoms with Gasteiger partial charge in [0.15, 0.2) is 0 Å². The van der Waals surface area contributed by atoms with E-state index in [1.54, 1.807) is 25.2 Å². The van der Waals surface area contributed by atoms with E-state index in [0.717, 1.165) is 18.4 Å². The second-order valence-electron chi connectivity index (χ2n) is 5.17. The molecule has 0 bridgehead atoms. The smallest absolute Gasteiger partial charge is 0.242 e. The summed E-state index contributed by atoms with van der Waals surface area (Å²) >= 11 is 0. The van der Waals surface area contributed by atoms with Gasteiger partial charge >= 0.3 is 0 Å². The summed E-state index contributed by atoms with van der Waals surface area (Å²) in [5.41, 5.74) is 6.50. The van der Waals surface area contributed by atoms with Gasteiger partial charge in [0, 0.05) is 20.1 Å². The van der Waals surface area contributed by atoms with Crippen LogP contribution in [0.25, 0.3) is 0 Å². The lowest BCUT2D eigenvalue weighted by Crippen LogP contribution is -2.33. The van der Waals surface area contributed by atoms with Gasteiger partial charge in [-0.05, 0) is 51.2 Å². The zero-order valence-corrected chi connectivity index (χ0v) is 13.4. The van der Waals surface area contributed by atoms with Crippen LogP contribution in [0.2, 0.25) is 0 Å². The molecule has 2 N–H and O–H groups in total. The molecule has 0 aromatic heterocycles. The molecule has 114 valence electrons. The zero-order chi connectivity index (χ0) is 15.2. The Hall–Kier alpha value is -0.950. The van der Waals surface area contributed by atoms with Gasteiger partial charge in [-0.25, -0.2) is 8.42 Å². The largest absolute Gasteiger partial charge is 0.330 e. The number of hydrogen-bond acceptors (Lipinski definition) is 4. The fourth-order valence-corrected chi connectivity index (χ4v) is 3.04. The molecule has 0 heterocycles. The van der Waals surface area contributed by atoms with E-state index < -0.39 is 10.0 Å². The van der Waals surface area contributed by atoms with Crippen molar-refractivity contribution < 1.29 is 8.42 Å². The molecule has 0 saturated carbocycles. The van der Waals surface area contributed by atoms with Crippen LogP contribution in [0.5, 0.6) is 0 Å². The molecule has 0 atom stereocenters. The van der Waals surface area contributed by atoms with Crippen molar-refractivity contribution in [3.05, 3.63) is 29.8 Å². The molecular weight excluding hydrogens is 274 g/mol. The first-order valence-corrected chi connectivity index (χ1v) is 8.22. The molecule has 5 nitrogen and oxygen atoms in total. The van der Waals surface area contributed by atoms with Crippen molar-refractivity contribution in [2.24, 2.45) is 5.73 Å². The normalized spacial score (nSPS) is 12.3. The number of benzene rings is 1. The summed E-state index contributed by atoms with van der Waals surface area (Å²) in [5, 5.41) is 0. The van der Waals surface area contributed by atoms with Crippen LogP contribution in [-0.4, -0.2) is 58.4 Å². The van der Waals surface area contributed by atoms with Crippen LogP contribution in [0, 0.1) is 0 Å². The Morgan fingerprint density at radius 3 is 2.45 bits per heavy atom. The van der Waals surface area contributed by atoms with Crippen LogP contribution in [0.1, 0.15) is 12.0 Å². The first kappa shape index (κ1) is 17.1. The summed E-state index contributed by atoms with van der Waals surface area (Å²) in [6.45, 7) is 1.78. The highest BCUT2D eigenvalue weighted by Gasteiger charge is 2.20. The Bertz CT molecular complexity index is 515. The highest BCUT2D eigenvalue weighted by molar-refractivity contribution is 7.89. The van der Waals surface area contributed by atoms with Crippen LogP contribution < -0.4 is 5.73 Å². The fourth-order valence-electron chi connectivity index (χ4n) is 1.81. The lowest BCUT2D eigenvalue weighted by atomic mass is 10.1. The number of likely N-dealkylation sites (N-methyl/N-ethyl adjacent to an activating group) is 2. The van der Waals surface area contributed by atoms with Gasteiger partial charge in [0.25, 0.3) is 0 Å². The summed E-state index contributed by atoms with van der Waals surface area (Å²) in [7, 11) is 2.06. The van der Waals surface area contributed by atoms with Crippen molar-refractivity contribution in [1.29, 1.82) is 0 Å². The monoisotopic (exact) mass is 299 g/mol. The van der Waals surface area contributed by atoms with E-state index >= 15 is 0 Å². The maximum Gasteiger partial charge on any atom is 0.242 e. The van der Waals surface area contributed by atoms with Gasteiger partial charge in [-0.15, -0.1) is 0 Å². The Kier molecular flexibility index (Phi) is 6.61. The van der Waals surface area contributed by atoms with E-state index in [1.165, 1.54) is 4.31 Å². The second kappa shape index (κ2) is 7.73. The Balaban J connectivity index is 2.85. The number of sulfonamides is 1. The van der Waals surface area contributed by atoms with Crippen LogP contribution in [0.15, 0.2) is 29.2 Å². The zero-order valence-electron chi connectivity index (χ0n) is 12.5. The molecule has 0 aliphatic carbocycles. The molecule has 0 aliphatic rings. The van der Waals surface area contributed by atoms with Crippen LogP contribution >= 0.6 is 0 Å². The molecule has 0 unspecified atom stereocenters. The SMILES string of the molecule is CN(C)CCN(C)S(=O)(=O)c1cccc(CCCN)c1. The van der Waals surface area contributed by atoms with Crippen LogP contribution in [-0.2, 0) is 16.4 Å². The third-order valence-electron chi connectivity index (χ3n) is 3.14. The van der Waals surface area contributed by atoms with Crippen molar-refractivity contribution in [1.82, 2.24) is 9.21 Å². The number of rotatable bonds is 8. The van der Waals surface area contributed by atoms with Gasteiger partial charge in [-0.2, -0.15) is 4.31 Å². The van der Waals surface area contributed by atoms with Gasteiger partial charge in [0.2, 0.25) is 10.0 Å². The molecule has 1 aromatic carbocycles. The van der Waals surface area contributed by atoms with Gasteiger partial charge in [0.1, 0.15) is 0 Å². The summed E-state index contributed by atoms with van der Waals surface area (Å²) in [5.74, 6) is 0. The van der Waals surface area contributed by atoms with Crippen LogP contribution in [0.4, 0.5) is 0 Å². The summed E-state index contributed by atoms with van der Waals surface area (Å²) in [6.07, 6.45) is 1.67. The standard InChI is InChI=1S/C14H25N3O2S/c1-16(2)10-11-17(3)20(18,19)14-8-4-6-13(12-14)7-5-9-15/h4,6,8,12H,5,7,9-11,15H2,1-3H3. The minimum Gasteiger partial charge on any atom is -0.330 e. The maximum absolute atomic E-state index is 12.5. The van der Waals surface area contributed by atoms with Crippen molar-refractivity contribution in [2.45, 2.75) is 17.7 Å². The summed E-state index contributed by atoms with van der Waals surface area (Å²) in [4.78, 5) is 2.32. The van der Waals surface area contributed by atoms with Crippen molar-refractivity contribution in [3.8, 4) is 0 Å². The van der Waals surface area contributed by atoms with E-state index in [-0.39, 0.29) is 0 Å². The highest BCUT2D eigenvalue weighted by Crippen LogP contribution is 2.16. The van der Waals surface area contributed by atoms with Crippen molar-refractivity contribution >= 4 is 10.0 Å². The second-order valence-corrected chi connectivity index (χ2v) is 7.21. The molecule has 0 spiro atoms. The highest BCUT2D eigenvalue weighted by atomic mass is 32.2. The Labute approximate surface area is 122 Å². The molecule has 0 radical (unpaired) electrons. The maximum atomic E-state index is 12.5. The molecule has 0 aliphatic heterocycles. The van der Waals surface area contributed by atoms with E-state index in [4.69, 9.17) is 5.73 Å². The van der Waals surface area contributed by atoms with Crippen molar-refractivity contribution in [3.63, 3.8) is 0 Å². The average Bonchev–Trinajstić information content (AvgIpc) is 2.42. The van der Waals surface area contributed by atoms with Crippen LogP contribution in [0.3, 0.4) is 0 Å². The Morgan fingerprint density at radius 2 is 1.85 bits per heavy atom. The Morgan fingerprint density at radius 1 is 1.15 bits per heavy atom. The average molecular weight is 299 g/mol. The lowest BCUT2D eigenvalue weighted by molar-refractivity contribution is 0.358. The topological polar surface area (TPSA) is 66.6 Å². The third kappa shape index (κ3) is 4.86. The molecule has 1 aromatic rings. The molecule has 0 fully saturated rings. The molecule has 1 rings (SSSR count). The number of aryl methyl sites for hydroxylation is 1. The molecular formula is C14H25N3O2S. The molecule has 0 amide bonds. The van der Waals surface area contributed by atoms with E-state index in [0.29, 0.717) is 24.5 Å². The third-order valence-corrected chi connectivity index (χ3v) is 4.99. The first-order valence-electron chi connectivity index (χ1n) is 6.78. The summed E-state index contributed by atoms with van der Waals surface area (Å²) < 4.78 is 26.3. The van der Waals surface area contributed by atoms with E-state index in [9.17, 15) is 8.42 Å². The van der Waals surface area contributed by atoms with Gasteiger partial charge in [-0.3, -0.25) is 0 Å². The van der Waals surface area contributed by atoms with Gasteiger partial charge in [0.05, 0.1) is 4.90 Å². The fraction of sp³-hybridized carbons (Fsp3) is 0.571. The summed E-state index contributed by atoms with van der Waals surface area (Å²) in [6, 6.07) is 7.12. The quantitative estimate of drug-likeness (QED) is 0.769. The molecule has 20 heavy (non-hydrogen) atoms. The molecule has 0 saturated heterocycles. The lowest BCUT2D eigenvalue weighted by Gasteiger charge is -2.19. The number of hydrogen-bond donors (Lipinski definition) is 1. The minimum atomic E-state index is -3.41. The first-order chi connectivity index (χ1) is 9.37. The van der Waals surface area contributed by atoms with E-state index in [1.807, 2.05) is 25.1 Å². The predicted octanol–water partition coefficient (Wildman–Crippen LogP) is 0.760. The number of nitrogens with zero attached hydrogens (tertiary/aromatic N) is 2. The van der Waals surface area contributed by atoms with Gasteiger partial charge in [-0.1, -0.05) is 12.1 Å². The minimum absolute atomic E-state index is 0.355. The number of nitrogens with two attached hydrogens (primary N) is 1. The van der Waals surface area contributed by atoms with Gasteiger partial charge < -0.3 is 10.6 Å².